The molecule has 4 nitrogen and oxygen atoms in total. The summed E-state index contributed by atoms with van der Waals surface area (Å²) in [5, 5.41) is 6.43. The molecule has 0 aliphatic carbocycles. The molecule has 1 atom stereocenters. The predicted molar refractivity (Wildman–Crippen MR) is 98.3 cm³/mol. The van der Waals surface area contributed by atoms with Gasteiger partial charge in [0.1, 0.15) is 5.75 Å². The van der Waals surface area contributed by atoms with E-state index in [1.807, 2.05) is 12.1 Å². The molecule has 0 spiro atoms. The lowest BCUT2D eigenvalue weighted by atomic mass is 9.84. The van der Waals surface area contributed by atoms with Crippen LogP contribution in [0.2, 0.25) is 0 Å². The molecule has 2 N–H and O–H groups in total. The van der Waals surface area contributed by atoms with Gasteiger partial charge in [-0.15, -0.1) is 0 Å². The van der Waals surface area contributed by atoms with Crippen molar-refractivity contribution in [1.29, 1.82) is 0 Å². The molecule has 0 radical (unpaired) electrons. The lowest BCUT2D eigenvalue weighted by Gasteiger charge is -2.27. The number of hydrogen-bond donors (Lipinski definition) is 2. The highest BCUT2D eigenvalue weighted by atomic mass is 16.5. The normalized spacial score (nSPS) is 16.6. The Labute approximate surface area is 146 Å². The lowest BCUT2D eigenvalue weighted by Crippen LogP contribution is -2.33. The maximum absolute atomic E-state index is 12.0. The summed E-state index contributed by atoms with van der Waals surface area (Å²) in [6, 6.07) is 8.11. The van der Waals surface area contributed by atoms with Gasteiger partial charge < -0.3 is 15.4 Å². The van der Waals surface area contributed by atoms with Gasteiger partial charge in [0.15, 0.2) is 0 Å². The minimum Gasteiger partial charge on any atom is -0.494 e. The molecule has 1 unspecified atom stereocenters. The number of carbonyl (C=O) groups is 1. The van der Waals surface area contributed by atoms with Crippen molar-refractivity contribution < 1.29 is 9.53 Å². The van der Waals surface area contributed by atoms with Crippen LogP contribution in [-0.4, -0.2) is 32.1 Å². The molecule has 4 heteroatoms. The standard InChI is InChI=1S/C20H32N2O2/c1-16-5-7-19(8-6-16)24-14-4-3-11-22-20(23)15-17(2)18-9-12-21-13-10-18/h5-8,17-18,21H,3-4,9-15H2,1-2H3,(H,22,23). The highest BCUT2D eigenvalue weighted by Gasteiger charge is 2.21. The van der Waals surface area contributed by atoms with Gasteiger partial charge in [0, 0.05) is 13.0 Å². The van der Waals surface area contributed by atoms with Crippen LogP contribution in [0.5, 0.6) is 5.75 Å². The molecule has 1 aromatic rings. The van der Waals surface area contributed by atoms with Crippen molar-refractivity contribution in [2.24, 2.45) is 11.8 Å². The Morgan fingerprint density at radius 2 is 1.96 bits per heavy atom. The van der Waals surface area contributed by atoms with Crippen LogP contribution in [0, 0.1) is 18.8 Å². The van der Waals surface area contributed by atoms with E-state index in [0.29, 0.717) is 24.9 Å². The minimum absolute atomic E-state index is 0.195. The van der Waals surface area contributed by atoms with Crippen molar-refractivity contribution in [2.45, 2.75) is 46.0 Å². The third kappa shape index (κ3) is 6.91. The number of carbonyl (C=O) groups excluding carboxylic acids is 1. The number of piperidine rings is 1. The van der Waals surface area contributed by atoms with Crippen LogP contribution >= 0.6 is 0 Å². The summed E-state index contributed by atoms with van der Waals surface area (Å²) in [6.45, 7) is 7.91. The number of unbranched alkanes of at least 4 members (excludes halogenated alkanes) is 1. The van der Waals surface area contributed by atoms with Gasteiger partial charge in [-0.2, -0.15) is 0 Å². The molecule has 0 bridgehead atoms. The average molecular weight is 332 g/mol. The van der Waals surface area contributed by atoms with Gasteiger partial charge in [0.05, 0.1) is 6.61 Å². The molecule has 134 valence electrons. The molecule has 1 saturated heterocycles. The first-order chi connectivity index (χ1) is 11.6. The van der Waals surface area contributed by atoms with Crippen molar-refractivity contribution in [3.63, 3.8) is 0 Å². The van der Waals surface area contributed by atoms with Gasteiger partial charge in [-0.3, -0.25) is 4.79 Å². The average Bonchev–Trinajstić information content (AvgIpc) is 2.60. The molecule has 1 heterocycles. The Bertz CT molecular complexity index is 481. The Kier molecular flexibility index (Phi) is 8.10. The summed E-state index contributed by atoms with van der Waals surface area (Å²) >= 11 is 0. The van der Waals surface area contributed by atoms with E-state index < -0.39 is 0 Å². The van der Waals surface area contributed by atoms with E-state index in [9.17, 15) is 4.79 Å². The summed E-state index contributed by atoms with van der Waals surface area (Å²) in [6.07, 6.45) is 4.97. The fourth-order valence-corrected chi connectivity index (χ4v) is 3.22. The first-order valence-corrected chi connectivity index (χ1v) is 9.32. The highest BCUT2D eigenvalue weighted by Crippen LogP contribution is 2.24. The molecule has 1 aliphatic heterocycles. The number of nitrogens with one attached hydrogen (secondary N) is 2. The van der Waals surface area contributed by atoms with E-state index in [1.54, 1.807) is 0 Å². The van der Waals surface area contributed by atoms with Crippen LogP contribution in [0.3, 0.4) is 0 Å². The zero-order valence-corrected chi connectivity index (χ0v) is 15.1. The van der Waals surface area contributed by atoms with Crippen LogP contribution in [-0.2, 0) is 4.79 Å². The summed E-state index contributed by atoms with van der Waals surface area (Å²) in [5.41, 5.74) is 1.24. The van der Waals surface area contributed by atoms with Crippen LogP contribution < -0.4 is 15.4 Å². The van der Waals surface area contributed by atoms with E-state index >= 15 is 0 Å². The molecule has 1 aromatic carbocycles. The van der Waals surface area contributed by atoms with Gasteiger partial charge in [-0.25, -0.2) is 0 Å². The van der Waals surface area contributed by atoms with Gasteiger partial charge in [0.25, 0.3) is 0 Å². The van der Waals surface area contributed by atoms with Gasteiger partial charge in [0.2, 0.25) is 5.91 Å². The smallest absolute Gasteiger partial charge is 0.220 e. The third-order valence-electron chi connectivity index (χ3n) is 4.88. The maximum atomic E-state index is 12.0. The number of hydrogen-bond acceptors (Lipinski definition) is 3. The fraction of sp³-hybridized carbons (Fsp3) is 0.650. The lowest BCUT2D eigenvalue weighted by molar-refractivity contribution is -0.122. The summed E-state index contributed by atoms with van der Waals surface area (Å²) in [7, 11) is 0. The molecular weight excluding hydrogens is 300 g/mol. The Hall–Kier alpha value is -1.55. The molecule has 2 rings (SSSR count). The number of rotatable bonds is 9. The number of benzene rings is 1. The first kappa shape index (κ1) is 18.8. The van der Waals surface area contributed by atoms with Crippen LogP contribution in [0.4, 0.5) is 0 Å². The molecule has 1 amide bonds. The quantitative estimate of drug-likeness (QED) is 0.682. The van der Waals surface area contributed by atoms with Crippen molar-refractivity contribution in [3.8, 4) is 5.75 Å². The second kappa shape index (κ2) is 10.3. The molecule has 1 fully saturated rings. The largest absolute Gasteiger partial charge is 0.494 e. The fourth-order valence-electron chi connectivity index (χ4n) is 3.22. The summed E-state index contributed by atoms with van der Waals surface area (Å²) < 4.78 is 5.69. The van der Waals surface area contributed by atoms with E-state index in [0.717, 1.165) is 38.2 Å². The molecular formula is C20H32N2O2. The van der Waals surface area contributed by atoms with Crippen molar-refractivity contribution >= 4 is 5.91 Å². The van der Waals surface area contributed by atoms with Crippen molar-refractivity contribution in [1.82, 2.24) is 10.6 Å². The maximum Gasteiger partial charge on any atom is 0.220 e. The third-order valence-corrected chi connectivity index (χ3v) is 4.88. The van der Waals surface area contributed by atoms with Crippen LogP contribution in [0.15, 0.2) is 24.3 Å². The summed E-state index contributed by atoms with van der Waals surface area (Å²) in [5.74, 6) is 2.29. The SMILES string of the molecule is Cc1ccc(OCCCCNC(=O)CC(C)C2CCNCC2)cc1. The van der Waals surface area contributed by atoms with Crippen molar-refractivity contribution in [2.75, 3.05) is 26.2 Å². The number of ether oxygens (including phenoxy) is 1. The van der Waals surface area contributed by atoms with Crippen LogP contribution in [0.1, 0.15) is 44.6 Å². The van der Waals surface area contributed by atoms with Gasteiger partial charge in [-0.05, 0) is 69.7 Å². The zero-order chi connectivity index (χ0) is 17.2. The second-order valence-corrected chi connectivity index (χ2v) is 6.99. The van der Waals surface area contributed by atoms with Crippen molar-refractivity contribution in [3.05, 3.63) is 29.8 Å². The molecule has 24 heavy (non-hydrogen) atoms. The summed E-state index contributed by atoms with van der Waals surface area (Å²) in [4.78, 5) is 12.0. The Balaban J connectivity index is 1.50. The van der Waals surface area contributed by atoms with E-state index in [1.165, 1.54) is 18.4 Å². The van der Waals surface area contributed by atoms with Gasteiger partial charge in [-0.1, -0.05) is 24.6 Å². The zero-order valence-electron chi connectivity index (χ0n) is 15.1. The molecule has 0 saturated carbocycles. The Morgan fingerprint density at radius 1 is 1.25 bits per heavy atom. The topological polar surface area (TPSA) is 50.4 Å². The molecule has 0 aromatic heterocycles. The minimum atomic E-state index is 0.195. The number of aryl methyl sites for hydroxylation is 1. The first-order valence-electron chi connectivity index (χ1n) is 9.32. The van der Waals surface area contributed by atoms with E-state index in [-0.39, 0.29) is 5.91 Å². The second-order valence-electron chi connectivity index (χ2n) is 6.99. The monoisotopic (exact) mass is 332 g/mol. The molecule has 1 aliphatic rings. The Morgan fingerprint density at radius 3 is 2.67 bits per heavy atom. The number of amides is 1. The van der Waals surface area contributed by atoms with Gasteiger partial charge >= 0.3 is 0 Å². The highest BCUT2D eigenvalue weighted by molar-refractivity contribution is 5.76. The van der Waals surface area contributed by atoms with E-state index in [2.05, 4.69) is 36.6 Å². The van der Waals surface area contributed by atoms with Crippen LogP contribution in [0.25, 0.3) is 0 Å². The van der Waals surface area contributed by atoms with E-state index in [4.69, 9.17) is 4.74 Å². The predicted octanol–water partition coefficient (Wildman–Crippen LogP) is 3.30.